The van der Waals surface area contributed by atoms with Crippen molar-refractivity contribution in [1.29, 1.82) is 0 Å². The molecule has 0 radical (unpaired) electrons. The average molecular weight is 373 g/mol. The number of amides is 1. The van der Waals surface area contributed by atoms with E-state index in [1.165, 1.54) is 4.90 Å². The van der Waals surface area contributed by atoms with Crippen molar-refractivity contribution in [3.05, 3.63) is 70.4 Å². The van der Waals surface area contributed by atoms with Gasteiger partial charge in [0.1, 0.15) is 18.1 Å². The number of ether oxygens (including phenoxy) is 1. The van der Waals surface area contributed by atoms with Crippen LogP contribution in [0.5, 0.6) is 5.75 Å². The molecule has 1 amide bonds. The van der Waals surface area contributed by atoms with Gasteiger partial charge in [-0.1, -0.05) is 35.9 Å². The highest BCUT2D eigenvalue weighted by atomic mass is 35.5. The summed E-state index contributed by atoms with van der Waals surface area (Å²) in [4.78, 5) is 13.7. The number of likely N-dealkylation sites (N-methyl/N-ethyl adjacent to an activating group) is 1. The highest BCUT2D eigenvalue weighted by molar-refractivity contribution is 7.80. The maximum atomic E-state index is 12.2. The Morgan fingerprint density at radius 3 is 2.44 bits per heavy atom. The number of thiocarbonyl (C=S) groups is 1. The van der Waals surface area contributed by atoms with E-state index >= 15 is 0 Å². The number of nitrogens with zero attached hydrogens (tertiary/aromatic N) is 1. The molecule has 25 heavy (non-hydrogen) atoms. The van der Waals surface area contributed by atoms with E-state index in [9.17, 15) is 4.79 Å². The zero-order chi connectivity index (χ0) is 17.8. The number of halogens is 1. The summed E-state index contributed by atoms with van der Waals surface area (Å²) in [5, 5.41) is 4.10. The molecule has 1 saturated heterocycles. The lowest BCUT2D eigenvalue weighted by Crippen LogP contribution is -2.30. The molecule has 0 bridgehead atoms. The molecule has 4 nitrogen and oxygen atoms in total. The van der Waals surface area contributed by atoms with Crippen LogP contribution >= 0.6 is 23.8 Å². The fourth-order valence-corrected chi connectivity index (χ4v) is 2.88. The Bertz CT molecular complexity index is 816. The highest BCUT2D eigenvalue weighted by Gasteiger charge is 2.28. The van der Waals surface area contributed by atoms with Gasteiger partial charge in [0.2, 0.25) is 0 Å². The number of carbonyl (C=O) groups excluding carboxylic acids is 1. The Hall–Kier alpha value is -2.37. The Morgan fingerprint density at radius 1 is 1.16 bits per heavy atom. The molecule has 0 aliphatic carbocycles. The van der Waals surface area contributed by atoms with Crippen molar-refractivity contribution in [1.82, 2.24) is 10.2 Å². The molecular formula is C19H17ClN2O2S. The Balaban J connectivity index is 1.64. The van der Waals surface area contributed by atoms with Gasteiger partial charge in [-0.25, -0.2) is 0 Å². The summed E-state index contributed by atoms with van der Waals surface area (Å²) in [5.74, 6) is 0.657. The first kappa shape index (κ1) is 17.5. The van der Waals surface area contributed by atoms with E-state index in [0.29, 0.717) is 29.0 Å². The molecule has 3 rings (SSSR count). The quantitative estimate of drug-likeness (QED) is 0.636. The van der Waals surface area contributed by atoms with Crippen LogP contribution in [0.15, 0.2) is 54.2 Å². The summed E-state index contributed by atoms with van der Waals surface area (Å²) in [6.45, 7) is 2.92. The molecule has 0 saturated carbocycles. The van der Waals surface area contributed by atoms with Crippen LogP contribution in [0.1, 0.15) is 18.1 Å². The van der Waals surface area contributed by atoms with Gasteiger partial charge in [0, 0.05) is 11.6 Å². The van der Waals surface area contributed by atoms with Gasteiger partial charge >= 0.3 is 0 Å². The third-order valence-electron chi connectivity index (χ3n) is 3.79. The Morgan fingerprint density at radius 2 is 1.84 bits per heavy atom. The van der Waals surface area contributed by atoms with E-state index in [1.54, 1.807) is 6.08 Å². The van der Waals surface area contributed by atoms with E-state index in [0.717, 1.165) is 16.9 Å². The lowest BCUT2D eigenvalue weighted by molar-refractivity contribution is -0.122. The molecular weight excluding hydrogens is 356 g/mol. The minimum atomic E-state index is -0.101. The maximum absolute atomic E-state index is 12.2. The van der Waals surface area contributed by atoms with E-state index in [4.69, 9.17) is 28.6 Å². The van der Waals surface area contributed by atoms with Gasteiger partial charge in [-0.2, -0.15) is 0 Å². The predicted octanol–water partition coefficient (Wildman–Crippen LogP) is 4.00. The molecule has 1 fully saturated rings. The second kappa shape index (κ2) is 7.68. The second-order valence-electron chi connectivity index (χ2n) is 5.52. The molecule has 128 valence electrons. The first-order valence-electron chi connectivity index (χ1n) is 7.88. The minimum absolute atomic E-state index is 0.101. The lowest BCUT2D eigenvalue weighted by Gasteiger charge is -2.09. The highest BCUT2D eigenvalue weighted by Crippen LogP contribution is 2.18. The van der Waals surface area contributed by atoms with Gasteiger partial charge in [0.15, 0.2) is 5.11 Å². The molecule has 2 aromatic rings. The third-order valence-corrected chi connectivity index (χ3v) is 4.36. The topological polar surface area (TPSA) is 41.6 Å². The zero-order valence-electron chi connectivity index (χ0n) is 13.7. The van der Waals surface area contributed by atoms with Crippen LogP contribution in [0, 0.1) is 0 Å². The van der Waals surface area contributed by atoms with Crippen molar-refractivity contribution < 1.29 is 9.53 Å². The van der Waals surface area contributed by atoms with Crippen molar-refractivity contribution in [2.75, 3.05) is 6.54 Å². The smallest absolute Gasteiger partial charge is 0.276 e. The molecule has 0 aromatic heterocycles. The van der Waals surface area contributed by atoms with Crippen molar-refractivity contribution in [2.24, 2.45) is 0 Å². The van der Waals surface area contributed by atoms with Crippen LogP contribution in [0.4, 0.5) is 0 Å². The van der Waals surface area contributed by atoms with Crippen LogP contribution in [-0.4, -0.2) is 22.5 Å². The first-order chi connectivity index (χ1) is 12.1. The number of benzene rings is 2. The summed E-state index contributed by atoms with van der Waals surface area (Å²) in [5.41, 5.74) is 2.43. The van der Waals surface area contributed by atoms with Gasteiger partial charge in [-0.15, -0.1) is 0 Å². The SMILES string of the molecule is CCN1C(=O)C(=Cc2ccc(OCc3ccc(Cl)cc3)cc2)NC1=S. The molecule has 6 heteroatoms. The number of rotatable bonds is 5. The first-order valence-corrected chi connectivity index (χ1v) is 8.67. The summed E-state index contributed by atoms with van der Waals surface area (Å²) in [6, 6.07) is 15.1. The summed E-state index contributed by atoms with van der Waals surface area (Å²) in [6.07, 6.45) is 1.78. The van der Waals surface area contributed by atoms with Crippen LogP contribution in [-0.2, 0) is 11.4 Å². The minimum Gasteiger partial charge on any atom is -0.489 e. The van der Waals surface area contributed by atoms with Crippen molar-refractivity contribution in [3.63, 3.8) is 0 Å². The maximum Gasteiger partial charge on any atom is 0.276 e. The number of hydrogen-bond acceptors (Lipinski definition) is 3. The molecule has 1 heterocycles. The summed E-state index contributed by atoms with van der Waals surface area (Å²) < 4.78 is 5.75. The standard InChI is InChI=1S/C19H17ClN2O2S/c1-2-22-18(23)17(21-19(22)25)11-13-5-9-16(10-6-13)24-12-14-3-7-15(20)8-4-14/h3-11H,2,12H2,1H3,(H,21,25). The number of nitrogens with one attached hydrogen (secondary N) is 1. The van der Waals surface area contributed by atoms with Crippen LogP contribution in [0.3, 0.4) is 0 Å². The normalized spacial score (nSPS) is 15.6. The third kappa shape index (κ3) is 4.18. The van der Waals surface area contributed by atoms with Gasteiger partial charge < -0.3 is 10.1 Å². The van der Waals surface area contributed by atoms with E-state index in [2.05, 4.69) is 5.32 Å². The number of hydrogen-bond donors (Lipinski definition) is 1. The summed E-state index contributed by atoms with van der Waals surface area (Å²) in [7, 11) is 0. The molecule has 0 spiro atoms. The Labute approximate surface area is 157 Å². The number of carbonyl (C=O) groups is 1. The summed E-state index contributed by atoms with van der Waals surface area (Å²) >= 11 is 11.0. The molecule has 1 aliphatic rings. The van der Waals surface area contributed by atoms with Gasteiger partial charge in [-0.3, -0.25) is 9.69 Å². The molecule has 2 aromatic carbocycles. The van der Waals surface area contributed by atoms with Crippen molar-refractivity contribution in [3.8, 4) is 5.75 Å². The van der Waals surface area contributed by atoms with Gasteiger partial charge in [0.25, 0.3) is 5.91 Å². The fraction of sp³-hybridized carbons (Fsp3) is 0.158. The van der Waals surface area contributed by atoms with Crippen molar-refractivity contribution >= 4 is 40.9 Å². The zero-order valence-corrected chi connectivity index (χ0v) is 15.2. The molecule has 1 N–H and O–H groups in total. The van der Waals surface area contributed by atoms with Gasteiger partial charge in [-0.05, 0) is 60.6 Å². The molecule has 0 unspecified atom stereocenters. The van der Waals surface area contributed by atoms with Crippen LogP contribution in [0.2, 0.25) is 5.02 Å². The molecule has 1 aliphatic heterocycles. The largest absolute Gasteiger partial charge is 0.489 e. The van der Waals surface area contributed by atoms with Crippen molar-refractivity contribution in [2.45, 2.75) is 13.5 Å². The Kier molecular flexibility index (Phi) is 5.36. The van der Waals surface area contributed by atoms with Gasteiger partial charge in [0.05, 0.1) is 0 Å². The second-order valence-corrected chi connectivity index (χ2v) is 6.34. The molecule has 0 atom stereocenters. The van der Waals surface area contributed by atoms with Crippen LogP contribution < -0.4 is 10.1 Å². The van der Waals surface area contributed by atoms with E-state index < -0.39 is 0 Å². The fourth-order valence-electron chi connectivity index (χ4n) is 2.43. The average Bonchev–Trinajstić information content (AvgIpc) is 2.88. The van der Waals surface area contributed by atoms with E-state index in [-0.39, 0.29) is 5.91 Å². The van der Waals surface area contributed by atoms with Crippen LogP contribution in [0.25, 0.3) is 6.08 Å². The van der Waals surface area contributed by atoms with E-state index in [1.807, 2.05) is 55.5 Å². The lowest BCUT2D eigenvalue weighted by atomic mass is 10.2. The monoisotopic (exact) mass is 372 g/mol. The predicted molar refractivity (Wildman–Crippen MR) is 103 cm³/mol.